The Morgan fingerprint density at radius 1 is 0.889 bits per heavy atom. The topological polar surface area (TPSA) is 66.5 Å². The molecule has 0 radical (unpaired) electrons. The molecule has 0 unspecified atom stereocenters. The highest BCUT2D eigenvalue weighted by Crippen LogP contribution is 2.27. The van der Waals surface area contributed by atoms with Crippen molar-refractivity contribution in [2.75, 3.05) is 16.8 Å². The monoisotopic (exact) mass is 366 g/mol. The van der Waals surface area contributed by atoms with Crippen LogP contribution in [0.3, 0.4) is 0 Å². The van der Waals surface area contributed by atoms with Crippen molar-refractivity contribution in [1.82, 2.24) is 0 Å². The second-order valence-corrected chi connectivity index (χ2v) is 6.42. The van der Waals surface area contributed by atoms with Gasteiger partial charge < -0.3 is 10.2 Å². The number of rotatable bonds is 7. The fourth-order valence-electron chi connectivity index (χ4n) is 3.04. The number of para-hydroxylation sites is 1. The van der Waals surface area contributed by atoms with E-state index in [1.807, 2.05) is 32.0 Å². The van der Waals surface area contributed by atoms with Gasteiger partial charge in [-0.2, -0.15) is 0 Å². The van der Waals surface area contributed by atoms with Gasteiger partial charge in [-0.3, -0.25) is 14.4 Å². The van der Waals surface area contributed by atoms with Gasteiger partial charge in [0.1, 0.15) is 6.54 Å². The minimum absolute atomic E-state index is 0.0288. The summed E-state index contributed by atoms with van der Waals surface area (Å²) >= 11 is 0. The van der Waals surface area contributed by atoms with Crippen LogP contribution in [-0.2, 0) is 22.4 Å². The Bertz CT molecular complexity index is 819. The molecule has 0 saturated heterocycles. The van der Waals surface area contributed by atoms with Crippen molar-refractivity contribution in [3.8, 4) is 0 Å². The number of hydrogen-bond donors (Lipinski definition) is 1. The summed E-state index contributed by atoms with van der Waals surface area (Å²) in [6, 6.07) is 12.7. The zero-order chi connectivity index (χ0) is 20.0. The molecule has 0 heterocycles. The third-order valence-electron chi connectivity index (χ3n) is 4.49. The molecule has 0 fully saturated rings. The standard InChI is InChI=1S/C22H26N2O3/c1-5-17-8-7-9-18(6-2)22(17)24(16(4)26)14-21(27)23-20-12-10-19(11-13-20)15(3)25/h7-13H,5-6,14H2,1-4H3,(H,23,27). The largest absolute Gasteiger partial charge is 0.325 e. The van der Waals surface area contributed by atoms with Crippen molar-refractivity contribution in [3.63, 3.8) is 0 Å². The molecule has 0 bridgehead atoms. The fourth-order valence-corrected chi connectivity index (χ4v) is 3.04. The van der Waals surface area contributed by atoms with Crippen molar-refractivity contribution in [3.05, 3.63) is 59.2 Å². The Morgan fingerprint density at radius 2 is 1.44 bits per heavy atom. The first kappa shape index (κ1) is 20.4. The van der Waals surface area contributed by atoms with Crippen LogP contribution in [0.1, 0.15) is 49.2 Å². The molecule has 2 amide bonds. The van der Waals surface area contributed by atoms with Crippen LogP contribution in [0.2, 0.25) is 0 Å². The second-order valence-electron chi connectivity index (χ2n) is 6.42. The average molecular weight is 366 g/mol. The van der Waals surface area contributed by atoms with E-state index >= 15 is 0 Å². The lowest BCUT2D eigenvalue weighted by atomic mass is 10.0. The maximum Gasteiger partial charge on any atom is 0.244 e. The summed E-state index contributed by atoms with van der Waals surface area (Å²) < 4.78 is 0. The Labute approximate surface area is 160 Å². The van der Waals surface area contributed by atoms with Crippen molar-refractivity contribution >= 4 is 29.0 Å². The molecule has 5 heteroatoms. The molecular formula is C22H26N2O3. The maximum atomic E-state index is 12.5. The predicted molar refractivity (Wildman–Crippen MR) is 108 cm³/mol. The number of nitrogens with zero attached hydrogens (tertiary/aromatic N) is 1. The minimum atomic E-state index is -0.284. The van der Waals surface area contributed by atoms with Crippen molar-refractivity contribution < 1.29 is 14.4 Å². The van der Waals surface area contributed by atoms with Gasteiger partial charge in [0.15, 0.2) is 5.78 Å². The van der Waals surface area contributed by atoms with Crippen molar-refractivity contribution in [1.29, 1.82) is 0 Å². The third kappa shape index (κ3) is 5.03. The van der Waals surface area contributed by atoms with Crippen LogP contribution in [0.5, 0.6) is 0 Å². The molecule has 142 valence electrons. The Kier molecular flexibility index (Phi) is 6.88. The van der Waals surface area contributed by atoms with E-state index in [4.69, 9.17) is 0 Å². The number of carbonyl (C=O) groups is 3. The number of anilines is 2. The molecule has 0 aliphatic heterocycles. The average Bonchev–Trinajstić information content (AvgIpc) is 2.65. The van der Waals surface area contributed by atoms with Gasteiger partial charge >= 0.3 is 0 Å². The smallest absolute Gasteiger partial charge is 0.244 e. The first-order valence-electron chi connectivity index (χ1n) is 9.17. The summed E-state index contributed by atoms with van der Waals surface area (Å²) in [4.78, 5) is 37.7. The van der Waals surface area contributed by atoms with Gasteiger partial charge in [0, 0.05) is 18.2 Å². The van der Waals surface area contributed by atoms with Crippen molar-refractivity contribution in [2.24, 2.45) is 0 Å². The highest BCUT2D eigenvalue weighted by molar-refractivity contribution is 6.03. The highest BCUT2D eigenvalue weighted by atomic mass is 16.2. The number of Topliss-reactive ketones (excluding diaryl/α,β-unsaturated/α-hetero) is 1. The Morgan fingerprint density at radius 3 is 1.89 bits per heavy atom. The summed E-state index contributed by atoms with van der Waals surface area (Å²) in [5.74, 6) is -0.486. The molecule has 0 spiro atoms. The lowest BCUT2D eigenvalue weighted by Crippen LogP contribution is -2.38. The lowest BCUT2D eigenvalue weighted by molar-refractivity contribution is -0.120. The number of nitrogens with one attached hydrogen (secondary N) is 1. The van der Waals surface area contributed by atoms with Gasteiger partial charge in [0.2, 0.25) is 11.8 Å². The highest BCUT2D eigenvalue weighted by Gasteiger charge is 2.21. The zero-order valence-electron chi connectivity index (χ0n) is 16.3. The first-order valence-corrected chi connectivity index (χ1v) is 9.17. The number of hydrogen-bond acceptors (Lipinski definition) is 3. The van der Waals surface area contributed by atoms with Gasteiger partial charge in [-0.15, -0.1) is 0 Å². The van der Waals surface area contributed by atoms with Gasteiger partial charge in [-0.05, 0) is 55.2 Å². The molecule has 0 saturated carbocycles. The number of carbonyl (C=O) groups excluding carboxylic acids is 3. The van der Waals surface area contributed by atoms with Gasteiger partial charge in [-0.25, -0.2) is 0 Å². The fraction of sp³-hybridized carbons (Fsp3) is 0.318. The lowest BCUT2D eigenvalue weighted by Gasteiger charge is -2.26. The number of benzene rings is 2. The van der Waals surface area contributed by atoms with Gasteiger partial charge in [-0.1, -0.05) is 32.0 Å². The predicted octanol–water partition coefficient (Wildman–Crippen LogP) is 4.01. The number of ketones is 1. The van der Waals surface area contributed by atoms with Gasteiger partial charge in [0.05, 0.1) is 5.69 Å². The Balaban J connectivity index is 2.23. The molecule has 0 aliphatic rings. The van der Waals surface area contributed by atoms with E-state index in [2.05, 4.69) is 5.32 Å². The summed E-state index contributed by atoms with van der Waals surface area (Å²) in [5.41, 5.74) is 4.10. The van der Waals surface area contributed by atoms with Crippen LogP contribution in [-0.4, -0.2) is 24.1 Å². The maximum absolute atomic E-state index is 12.5. The molecule has 0 aromatic heterocycles. The summed E-state index contributed by atoms with van der Waals surface area (Å²) in [6.45, 7) is 6.98. The molecule has 2 aromatic rings. The van der Waals surface area contributed by atoms with Gasteiger partial charge in [0.25, 0.3) is 0 Å². The molecular weight excluding hydrogens is 340 g/mol. The van der Waals surface area contributed by atoms with E-state index in [0.717, 1.165) is 29.7 Å². The molecule has 0 aliphatic carbocycles. The molecule has 5 nitrogen and oxygen atoms in total. The van der Waals surface area contributed by atoms with E-state index in [-0.39, 0.29) is 24.1 Å². The summed E-state index contributed by atoms with van der Waals surface area (Å²) in [7, 11) is 0. The summed E-state index contributed by atoms with van der Waals surface area (Å²) in [6.07, 6.45) is 1.56. The first-order chi connectivity index (χ1) is 12.9. The van der Waals surface area contributed by atoms with E-state index < -0.39 is 0 Å². The quantitative estimate of drug-likeness (QED) is 0.753. The van der Waals surface area contributed by atoms with Crippen LogP contribution in [0.25, 0.3) is 0 Å². The molecule has 1 N–H and O–H groups in total. The van der Waals surface area contributed by atoms with Crippen LogP contribution in [0, 0.1) is 0 Å². The number of amides is 2. The molecule has 0 atom stereocenters. The number of aryl methyl sites for hydroxylation is 2. The molecule has 2 rings (SSSR count). The minimum Gasteiger partial charge on any atom is -0.325 e. The second kappa shape index (κ2) is 9.12. The van der Waals surface area contributed by atoms with Crippen LogP contribution >= 0.6 is 0 Å². The molecule has 27 heavy (non-hydrogen) atoms. The van der Waals surface area contributed by atoms with Crippen molar-refractivity contribution in [2.45, 2.75) is 40.5 Å². The SMILES string of the molecule is CCc1cccc(CC)c1N(CC(=O)Nc1ccc(C(C)=O)cc1)C(C)=O. The zero-order valence-corrected chi connectivity index (χ0v) is 16.3. The normalized spacial score (nSPS) is 10.4. The van der Waals surface area contributed by atoms with Crippen LogP contribution < -0.4 is 10.2 Å². The van der Waals surface area contributed by atoms with E-state index in [0.29, 0.717) is 11.3 Å². The Hall–Kier alpha value is -2.95. The van der Waals surface area contributed by atoms with E-state index in [9.17, 15) is 14.4 Å². The third-order valence-corrected chi connectivity index (χ3v) is 4.49. The van der Waals surface area contributed by atoms with E-state index in [1.165, 1.54) is 18.7 Å². The van der Waals surface area contributed by atoms with Crippen LogP contribution in [0.4, 0.5) is 11.4 Å². The van der Waals surface area contributed by atoms with Crippen LogP contribution in [0.15, 0.2) is 42.5 Å². The van der Waals surface area contributed by atoms with E-state index in [1.54, 1.807) is 24.3 Å². The molecule has 2 aromatic carbocycles. The summed E-state index contributed by atoms with van der Waals surface area (Å²) in [5, 5.41) is 2.79.